The Morgan fingerprint density at radius 1 is 1.16 bits per heavy atom. The van der Waals surface area contributed by atoms with Gasteiger partial charge in [0.25, 0.3) is 0 Å². The van der Waals surface area contributed by atoms with Crippen molar-refractivity contribution in [3.63, 3.8) is 0 Å². The Bertz CT molecular complexity index is 602. The topological polar surface area (TPSA) is 47.3 Å². The molecule has 0 aliphatic rings. The van der Waals surface area contributed by atoms with E-state index in [1.807, 2.05) is 46.0 Å². The number of aryl methyl sites for hydroxylation is 4. The summed E-state index contributed by atoms with van der Waals surface area (Å²) in [6.07, 6.45) is -0.671. The maximum atomic E-state index is 10.6. The van der Waals surface area contributed by atoms with Crippen LogP contribution in [0.4, 0.5) is 0 Å². The SMILES string of the molecule is COc1cc(C)c(C(O)c2cc(C)nn2C)cc1C. The molecule has 4 heteroatoms. The molecular weight excluding hydrogens is 240 g/mol. The van der Waals surface area contributed by atoms with E-state index in [4.69, 9.17) is 4.74 Å². The number of methoxy groups -OCH3 is 1. The van der Waals surface area contributed by atoms with E-state index in [0.29, 0.717) is 0 Å². The van der Waals surface area contributed by atoms with E-state index in [-0.39, 0.29) is 0 Å². The summed E-state index contributed by atoms with van der Waals surface area (Å²) in [7, 11) is 3.50. The highest BCUT2D eigenvalue weighted by molar-refractivity contribution is 5.44. The Kier molecular flexibility index (Phi) is 3.62. The van der Waals surface area contributed by atoms with Gasteiger partial charge < -0.3 is 9.84 Å². The first-order valence-electron chi connectivity index (χ1n) is 6.27. The number of hydrogen-bond acceptors (Lipinski definition) is 3. The molecule has 1 aromatic heterocycles. The minimum Gasteiger partial charge on any atom is -0.496 e. The minimum atomic E-state index is -0.671. The lowest BCUT2D eigenvalue weighted by molar-refractivity contribution is 0.209. The van der Waals surface area contributed by atoms with Gasteiger partial charge in [0.15, 0.2) is 0 Å². The van der Waals surface area contributed by atoms with Gasteiger partial charge in [-0.25, -0.2) is 0 Å². The van der Waals surface area contributed by atoms with Crippen molar-refractivity contribution in [1.82, 2.24) is 9.78 Å². The monoisotopic (exact) mass is 260 g/mol. The average Bonchev–Trinajstić information content (AvgIpc) is 2.70. The Morgan fingerprint density at radius 3 is 2.37 bits per heavy atom. The van der Waals surface area contributed by atoms with Crippen LogP contribution in [0.5, 0.6) is 5.75 Å². The highest BCUT2D eigenvalue weighted by Crippen LogP contribution is 2.30. The zero-order valence-electron chi connectivity index (χ0n) is 12.1. The fourth-order valence-electron chi connectivity index (χ4n) is 2.37. The van der Waals surface area contributed by atoms with Crippen LogP contribution >= 0.6 is 0 Å². The molecule has 0 aliphatic heterocycles. The highest BCUT2D eigenvalue weighted by Gasteiger charge is 2.18. The molecule has 2 rings (SSSR count). The second kappa shape index (κ2) is 5.05. The van der Waals surface area contributed by atoms with Crippen LogP contribution in [0.3, 0.4) is 0 Å². The maximum absolute atomic E-state index is 10.6. The van der Waals surface area contributed by atoms with Crippen LogP contribution in [0.2, 0.25) is 0 Å². The van der Waals surface area contributed by atoms with Crippen LogP contribution in [0, 0.1) is 20.8 Å². The van der Waals surface area contributed by atoms with Crippen molar-refractivity contribution in [2.45, 2.75) is 26.9 Å². The minimum absolute atomic E-state index is 0.671. The van der Waals surface area contributed by atoms with E-state index in [1.165, 1.54) is 0 Å². The molecule has 2 aromatic rings. The zero-order valence-corrected chi connectivity index (χ0v) is 12.1. The van der Waals surface area contributed by atoms with E-state index in [0.717, 1.165) is 33.8 Å². The first kappa shape index (κ1) is 13.6. The number of rotatable bonds is 3. The second-order valence-electron chi connectivity index (χ2n) is 4.92. The molecule has 0 saturated heterocycles. The molecule has 0 fully saturated rings. The largest absolute Gasteiger partial charge is 0.496 e. The van der Waals surface area contributed by atoms with Gasteiger partial charge in [0.2, 0.25) is 0 Å². The summed E-state index contributed by atoms with van der Waals surface area (Å²) >= 11 is 0. The van der Waals surface area contributed by atoms with Crippen molar-refractivity contribution in [1.29, 1.82) is 0 Å². The molecule has 0 spiro atoms. The normalized spacial score (nSPS) is 12.5. The lowest BCUT2D eigenvalue weighted by Gasteiger charge is -2.16. The van der Waals surface area contributed by atoms with Gasteiger partial charge >= 0.3 is 0 Å². The van der Waals surface area contributed by atoms with Gasteiger partial charge in [-0.05, 0) is 55.7 Å². The van der Waals surface area contributed by atoms with Gasteiger partial charge in [-0.1, -0.05) is 0 Å². The van der Waals surface area contributed by atoms with E-state index >= 15 is 0 Å². The number of aromatic nitrogens is 2. The van der Waals surface area contributed by atoms with Gasteiger partial charge in [0.05, 0.1) is 18.5 Å². The van der Waals surface area contributed by atoms with Crippen LogP contribution in [0.15, 0.2) is 18.2 Å². The van der Waals surface area contributed by atoms with E-state index in [1.54, 1.807) is 11.8 Å². The summed E-state index contributed by atoms with van der Waals surface area (Å²) in [6, 6.07) is 5.84. The van der Waals surface area contributed by atoms with Crippen LogP contribution in [0.25, 0.3) is 0 Å². The lowest BCUT2D eigenvalue weighted by atomic mass is 9.98. The van der Waals surface area contributed by atoms with Crippen LogP contribution in [-0.2, 0) is 7.05 Å². The molecule has 0 aliphatic carbocycles. The quantitative estimate of drug-likeness (QED) is 0.922. The van der Waals surface area contributed by atoms with Crippen molar-refractivity contribution in [3.05, 3.63) is 46.3 Å². The fourth-order valence-corrected chi connectivity index (χ4v) is 2.37. The smallest absolute Gasteiger partial charge is 0.122 e. The van der Waals surface area contributed by atoms with Crippen LogP contribution in [-0.4, -0.2) is 22.0 Å². The van der Waals surface area contributed by atoms with Gasteiger partial charge in [-0.3, -0.25) is 4.68 Å². The molecule has 1 atom stereocenters. The number of nitrogens with zero attached hydrogens (tertiary/aromatic N) is 2. The number of aliphatic hydroxyl groups is 1. The molecule has 0 radical (unpaired) electrons. The standard InChI is InChI=1S/C15H20N2O2/c1-9-7-14(19-5)10(2)6-12(9)15(18)13-8-11(3)16-17(13)4/h6-8,15,18H,1-5H3. The highest BCUT2D eigenvalue weighted by atomic mass is 16.5. The Hall–Kier alpha value is -1.81. The molecule has 0 bridgehead atoms. The third kappa shape index (κ3) is 2.49. The molecule has 4 nitrogen and oxygen atoms in total. The number of benzene rings is 1. The molecular formula is C15H20N2O2. The summed E-state index contributed by atoms with van der Waals surface area (Å²) < 4.78 is 7.02. The molecule has 1 N–H and O–H groups in total. The first-order valence-corrected chi connectivity index (χ1v) is 6.27. The number of hydrogen-bond donors (Lipinski definition) is 1. The van der Waals surface area contributed by atoms with Crippen molar-refractivity contribution in [2.75, 3.05) is 7.11 Å². The predicted octanol–water partition coefficient (Wildman–Crippen LogP) is 2.44. The zero-order chi connectivity index (χ0) is 14.2. The first-order chi connectivity index (χ1) is 8.93. The van der Waals surface area contributed by atoms with Gasteiger partial charge in [0.1, 0.15) is 11.9 Å². The molecule has 1 aromatic carbocycles. The molecule has 0 saturated carbocycles. The summed E-state index contributed by atoms with van der Waals surface area (Å²) in [5.41, 5.74) is 4.61. The van der Waals surface area contributed by atoms with Crippen molar-refractivity contribution in [2.24, 2.45) is 7.05 Å². The summed E-state index contributed by atoms with van der Waals surface area (Å²) in [5, 5.41) is 14.8. The maximum Gasteiger partial charge on any atom is 0.122 e. The molecule has 19 heavy (non-hydrogen) atoms. The Labute approximate surface area is 113 Å². The predicted molar refractivity (Wildman–Crippen MR) is 74.5 cm³/mol. The third-order valence-corrected chi connectivity index (χ3v) is 3.40. The van der Waals surface area contributed by atoms with Crippen molar-refractivity contribution < 1.29 is 9.84 Å². The van der Waals surface area contributed by atoms with Gasteiger partial charge in [-0.15, -0.1) is 0 Å². The fraction of sp³-hybridized carbons (Fsp3) is 0.400. The average molecular weight is 260 g/mol. The molecule has 1 unspecified atom stereocenters. The molecule has 0 amide bonds. The van der Waals surface area contributed by atoms with Crippen molar-refractivity contribution in [3.8, 4) is 5.75 Å². The number of aliphatic hydroxyl groups excluding tert-OH is 1. The Morgan fingerprint density at radius 2 is 1.84 bits per heavy atom. The molecule has 1 heterocycles. The van der Waals surface area contributed by atoms with Crippen LogP contribution < -0.4 is 4.74 Å². The molecule has 102 valence electrons. The Balaban J connectivity index is 2.47. The van der Waals surface area contributed by atoms with E-state index in [2.05, 4.69) is 5.10 Å². The third-order valence-electron chi connectivity index (χ3n) is 3.40. The van der Waals surface area contributed by atoms with Gasteiger partial charge in [-0.2, -0.15) is 5.10 Å². The number of ether oxygens (including phenoxy) is 1. The summed E-state index contributed by atoms with van der Waals surface area (Å²) in [5.74, 6) is 0.842. The second-order valence-corrected chi connectivity index (χ2v) is 4.92. The van der Waals surface area contributed by atoms with E-state index in [9.17, 15) is 5.11 Å². The summed E-state index contributed by atoms with van der Waals surface area (Å²) in [4.78, 5) is 0. The lowest BCUT2D eigenvalue weighted by Crippen LogP contribution is -2.08. The van der Waals surface area contributed by atoms with Crippen LogP contribution in [0.1, 0.15) is 34.2 Å². The van der Waals surface area contributed by atoms with Gasteiger partial charge in [0, 0.05) is 7.05 Å². The summed E-state index contributed by atoms with van der Waals surface area (Å²) in [6.45, 7) is 5.87. The van der Waals surface area contributed by atoms with Crippen molar-refractivity contribution >= 4 is 0 Å². The van der Waals surface area contributed by atoms with E-state index < -0.39 is 6.10 Å².